The monoisotopic (exact) mass is 435 g/mol. The first-order valence-electron chi connectivity index (χ1n) is 8.92. The van der Waals surface area contributed by atoms with Crippen molar-refractivity contribution in [2.75, 3.05) is 6.61 Å². The molecule has 1 atom stereocenters. The highest BCUT2D eigenvalue weighted by molar-refractivity contribution is 7.80. The Morgan fingerprint density at radius 3 is 2.52 bits per heavy atom. The Morgan fingerprint density at radius 2 is 1.83 bits per heavy atom. The Balaban J connectivity index is 1.76. The second-order valence-electron chi connectivity index (χ2n) is 6.06. The van der Waals surface area contributed by atoms with Crippen molar-refractivity contribution in [3.8, 4) is 11.5 Å². The van der Waals surface area contributed by atoms with Crippen LogP contribution in [0.25, 0.3) is 0 Å². The Hall–Kier alpha value is -2.84. The van der Waals surface area contributed by atoms with Gasteiger partial charge in [0.2, 0.25) is 0 Å². The lowest BCUT2D eigenvalue weighted by atomic mass is 10.2. The van der Waals surface area contributed by atoms with E-state index in [0.29, 0.717) is 22.1 Å². The summed E-state index contributed by atoms with van der Waals surface area (Å²) in [6.07, 6.45) is 0.896. The van der Waals surface area contributed by atoms with Crippen molar-refractivity contribution in [2.45, 2.75) is 26.4 Å². The van der Waals surface area contributed by atoms with Gasteiger partial charge in [-0.1, -0.05) is 24.6 Å². The van der Waals surface area contributed by atoms with E-state index in [0.717, 1.165) is 6.42 Å². The van der Waals surface area contributed by atoms with Gasteiger partial charge in [-0.3, -0.25) is 25.8 Å². The maximum atomic E-state index is 12.3. The van der Waals surface area contributed by atoms with Crippen LogP contribution in [0.3, 0.4) is 0 Å². The molecule has 0 fully saturated rings. The Kier molecular flexibility index (Phi) is 8.69. The zero-order valence-corrected chi connectivity index (χ0v) is 17.6. The van der Waals surface area contributed by atoms with E-state index in [1.165, 1.54) is 0 Å². The molecule has 0 heterocycles. The molecule has 9 heteroatoms. The van der Waals surface area contributed by atoms with Crippen molar-refractivity contribution in [2.24, 2.45) is 0 Å². The molecule has 1 unspecified atom stereocenters. The third-order valence-electron chi connectivity index (χ3n) is 3.73. The van der Waals surface area contributed by atoms with Gasteiger partial charge >= 0.3 is 0 Å². The number of benzene rings is 2. The molecule has 0 saturated carbocycles. The van der Waals surface area contributed by atoms with E-state index >= 15 is 0 Å². The number of amides is 2. The molecule has 2 aromatic carbocycles. The van der Waals surface area contributed by atoms with E-state index in [-0.39, 0.29) is 17.8 Å². The van der Waals surface area contributed by atoms with Crippen LogP contribution in [-0.2, 0) is 4.79 Å². The normalized spacial score (nSPS) is 11.1. The standard InChI is InChI=1S/C20H22ClN3O4S/c1-3-13(2)28-17-6-4-5-14(11-17)19(26)22-20(29)24-23-18(25)12-27-16-9-7-15(21)8-10-16/h4-11,13H,3,12H2,1-2H3,(H,23,25)(H2,22,24,26,29). The number of halogens is 1. The summed E-state index contributed by atoms with van der Waals surface area (Å²) in [6.45, 7) is 3.73. The summed E-state index contributed by atoms with van der Waals surface area (Å²) >= 11 is 10.8. The molecule has 0 aliphatic carbocycles. The van der Waals surface area contributed by atoms with Crippen LogP contribution in [-0.4, -0.2) is 29.6 Å². The number of thiocarbonyl (C=S) groups is 1. The highest BCUT2D eigenvalue weighted by Crippen LogP contribution is 2.16. The Morgan fingerprint density at radius 1 is 1.10 bits per heavy atom. The maximum absolute atomic E-state index is 12.3. The summed E-state index contributed by atoms with van der Waals surface area (Å²) in [5.74, 6) is 0.197. The van der Waals surface area contributed by atoms with Gasteiger partial charge in [-0.25, -0.2) is 0 Å². The molecule has 0 aliphatic heterocycles. The summed E-state index contributed by atoms with van der Waals surface area (Å²) in [6, 6.07) is 13.4. The van der Waals surface area contributed by atoms with Crippen LogP contribution in [0.1, 0.15) is 30.6 Å². The zero-order valence-electron chi connectivity index (χ0n) is 16.0. The lowest BCUT2D eigenvalue weighted by Gasteiger charge is -2.14. The van der Waals surface area contributed by atoms with Gasteiger partial charge in [0.05, 0.1) is 6.10 Å². The van der Waals surface area contributed by atoms with Gasteiger partial charge in [0.15, 0.2) is 11.7 Å². The smallest absolute Gasteiger partial charge is 0.276 e. The lowest BCUT2D eigenvalue weighted by Crippen LogP contribution is -2.49. The molecule has 0 spiro atoms. The van der Waals surface area contributed by atoms with E-state index in [1.54, 1.807) is 48.5 Å². The molecule has 0 radical (unpaired) electrons. The van der Waals surface area contributed by atoms with Gasteiger partial charge in [-0.2, -0.15) is 0 Å². The first-order chi connectivity index (χ1) is 13.9. The molecule has 2 amide bonds. The van der Waals surface area contributed by atoms with Crippen LogP contribution in [0.15, 0.2) is 48.5 Å². The SMILES string of the molecule is CCC(C)Oc1cccc(C(=O)NC(=S)NNC(=O)COc2ccc(Cl)cc2)c1. The van der Waals surface area contributed by atoms with Gasteiger partial charge in [0.25, 0.3) is 11.8 Å². The molecule has 2 rings (SSSR count). The summed E-state index contributed by atoms with van der Waals surface area (Å²) in [5, 5.41) is 3.00. The third kappa shape index (κ3) is 7.97. The number of hydrogen-bond acceptors (Lipinski definition) is 5. The Labute approximate surface area is 179 Å². The third-order valence-corrected chi connectivity index (χ3v) is 4.19. The maximum Gasteiger partial charge on any atom is 0.276 e. The van der Waals surface area contributed by atoms with Crippen LogP contribution < -0.4 is 25.6 Å². The van der Waals surface area contributed by atoms with Gasteiger partial charge in [-0.05, 0) is 68.0 Å². The Bertz CT molecular complexity index is 861. The number of nitrogens with one attached hydrogen (secondary N) is 3. The largest absolute Gasteiger partial charge is 0.491 e. The molecule has 0 saturated heterocycles. The number of ether oxygens (including phenoxy) is 2. The first-order valence-corrected chi connectivity index (χ1v) is 9.71. The predicted octanol–water partition coefficient (Wildman–Crippen LogP) is 3.23. The topological polar surface area (TPSA) is 88.7 Å². The van der Waals surface area contributed by atoms with Crippen LogP contribution >= 0.6 is 23.8 Å². The second kappa shape index (κ2) is 11.2. The van der Waals surface area contributed by atoms with E-state index in [4.69, 9.17) is 33.3 Å². The quantitative estimate of drug-likeness (QED) is 0.457. The summed E-state index contributed by atoms with van der Waals surface area (Å²) in [4.78, 5) is 24.1. The van der Waals surface area contributed by atoms with E-state index < -0.39 is 11.8 Å². The van der Waals surface area contributed by atoms with Crippen LogP contribution in [0.4, 0.5) is 0 Å². The lowest BCUT2D eigenvalue weighted by molar-refractivity contribution is -0.123. The van der Waals surface area contributed by atoms with Crippen LogP contribution in [0, 0.1) is 0 Å². The average molecular weight is 436 g/mol. The van der Waals surface area contributed by atoms with Crippen molar-refractivity contribution in [3.63, 3.8) is 0 Å². The van der Waals surface area contributed by atoms with Crippen LogP contribution in [0.5, 0.6) is 11.5 Å². The number of carbonyl (C=O) groups excluding carboxylic acids is 2. The highest BCUT2D eigenvalue weighted by Gasteiger charge is 2.11. The van der Waals surface area contributed by atoms with E-state index in [9.17, 15) is 9.59 Å². The van der Waals surface area contributed by atoms with Crippen LogP contribution in [0.2, 0.25) is 5.02 Å². The molecule has 7 nitrogen and oxygen atoms in total. The summed E-state index contributed by atoms with van der Waals surface area (Å²) < 4.78 is 11.0. The van der Waals surface area contributed by atoms with Gasteiger partial charge < -0.3 is 9.47 Å². The second-order valence-corrected chi connectivity index (χ2v) is 6.91. The molecule has 0 aliphatic rings. The fourth-order valence-corrected chi connectivity index (χ4v) is 2.34. The molecule has 0 bridgehead atoms. The minimum Gasteiger partial charge on any atom is -0.491 e. The zero-order chi connectivity index (χ0) is 21.2. The van der Waals surface area contributed by atoms with E-state index in [1.807, 2.05) is 13.8 Å². The number of hydrogen-bond donors (Lipinski definition) is 3. The van der Waals surface area contributed by atoms with Crippen molar-refractivity contribution >= 4 is 40.7 Å². The average Bonchev–Trinajstić information content (AvgIpc) is 2.72. The van der Waals surface area contributed by atoms with Crippen molar-refractivity contribution < 1.29 is 19.1 Å². The molecule has 3 N–H and O–H groups in total. The van der Waals surface area contributed by atoms with E-state index in [2.05, 4.69) is 16.2 Å². The fraction of sp³-hybridized carbons (Fsp3) is 0.250. The van der Waals surface area contributed by atoms with Crippen molar-refractivity contribution in [1.29, 1.82) is 0 Å². The first kappa shape index (κ1) is 22.4. The molecule has 0 aromatic heterocycles. The predicted molar refractivity (Wildman–Crippen MR) is 115 cm³/mol. The summed E-state index contributed by atoms with van der Waals surface area (Å²) in [5.41, 5.74) is 5.18. The molecular formula is C20H22ClN3O4S. The number of hydrazine groups is 1. The van der Waals surface area contributed by atoms with Gasteiger partial charge in [0.1, 0.15) is 11.5 Å². The summed E-state index contributed by atoms with van der Waals surface area (Å²) in [7, 11) is 0. The minimum absolute atomic E-state index is 0.0429. The molecule has 29 heavy (non-hydrogen) atoms. The molecular weight excluding hydrogens is 414 g/mol. The van der Waals surface area contributed by atoms with Crippen molar-refractivity contribution in [1.82, 2.24) is 16.2 Å². The number of rotatable bonds is 7. The highest BCUT2D eigenvalue weighted by atomic mass is 35.5. The molecule has 2 aromatic rings. The van der Waals surface area contributed by atoms with Gasteiger partial charge in [0, 0.05) is 10.6 Å². The minimum atomic E-state index is -0.472. The fourth-order valence-electron chi connectivity index (χ4n) is 2.08. The van der Waals surface area contributed by atoms with Crippen molar-refractivity contribution in [3.05, 3.63) is 59.1 Å². The number of carbonyl (C=O) groups is 2. The molecule has 154 valence electrons. The van der Waals surface area contributed by atoms with Gasteiger partial charge in [-0.15, -0.1) is 0 Å².